The van der Waals surface area contributed by atoms with E-state index in [9.17, 15) is 13.2 Å². The van der Waals surface area contributed by atoms with Gasteiger partial charge in [0.2, 0.25) is 5.78 Å². The Labute approximate surface area is 181 Å². The number of ether oxygens (including phenoxy) is 3. The largest absolute Gasteiger partial charge is 0.497 e. The Kier molecular flexibility index (Phi) is 4.79. The van der Waals surface area contributed by atoms with Crippen molar-refractivity contribution in [3.63, 3.8) is 0 Å². The first-order valence-electron chi connectivity index (χ1n) is 10.2. The van der Waals surface area contributed by atoms with Gasteiger partial charge in [-0.1, -0.05) is 12.1 Å². The fraction of sp³-hybridized carbons (Fsp3) is 0.348. The summed E-state index contributed by atoms with van der Waals surface area (Å²) in [6.45, 7) is 2.76. The number of sulfone groups is 1. The zero-order valence-electron chi connectivity index (χ0n) is 17.4. The van der Waals surface area contributed by atoms with E-state index in [0.29, 0.717) is 42.5 Å². The number of Topliss-reactive ketones (excluding diaryl/α,β-unsaturated/α-hetero) is 1. The van der Waals surface area contributed by atoms with Gasteiger partial charge in [0, 0.05) is 23.7 Å². The summed E-state index contributed by atoms with van der Waals surface area (Å²) < 4.78 is 40.9. The predicted molar refractivity (Wildman–Crippen MR) is 115 cm³/mol. The van der Waals surface area contributed by atoms with Crippen LogP contribution in [0.15, 0.2) is 36.1 Å². The number of methoxy groups -OCH3 is 1. The van der Waals surface area contributed by atoms with Gasteiger partial charge < -0.3 is 14.2 Å². The summed E-state index contributed by atoms with van der Waals surface area (Å²) in [5.41, 5.74) is 2.98. The minimum atomic E-state index is -2.98. The lowest BCUT2D eigenvalue weighted by molar-refractivity contribution is 0.0637. The molecule has 0 aromatic heterocycles. The third-order valence-electron chi connectivity index (χ3n) is 6.08. The summed E-state index contributed by atoms with van der Waals surface area (Å²) >= 11 is 0. The average molecular weight is 442 g/mol. The second-order valence-electron chi connectivity index (χ2n) is 8.16. The number of carbonyl (C=O) groups excluding carboxylic acids is 1. The summed E-state index contributed by atoms with van der Waals surface area (Å²) in [5.74, 6) is 2.39. The molecule has 1 atom stereocenters. The van der Waals surface area contributed by atoms with Crippen molar-refractivity contribution in [2.24, 2.45) is 0 Å². The molecule has 0 aliphatic carbocycles. The Morgan fingerprint density at radius 3 is 2.81 bits per heavy atom. The molecule has 5 rings (SSSR count). The van der Waals surface area contributed by atoms with Crippen LogP contribution in [0.3, 0.4) is 0 Å². The molecule has 7 nitrogen and oxygen atoms in total. The lowest BCUT2D eigenvalue weighted by atomic mass is 9.99. The summed E-state index contributed by atoms with van der Waals surface area (Å²) in [6, 6.07) is 9.17. The zero-order chi connectivity index (χ0) is 21.8. The Morgan fingerprint density at radius 1 is 1.23 bits per heavy atom. The van der Waals surface area contributed by atoms with Crippen LogP contribution in [-0.2, 0) is 16.4 Å². The Morgan fingerprint density at radius 2 is 2.06 bits per heavy atom. The molecule has 3 heterocycles. The van der Waals surface area contributed by atoms with Crippen molar-refractivity contribution in [1.29, 1.82) is 0 Å². The minimum Gasteiger partial charge on any atom is -0.497 e. The maximum absolute atomic E-state index is 13.1. The van der Waals surface area contributed by atoms with Gasteiger partial charge in [0.05, 0.1) is 24.2 Å². The quantitative estimate of drug-likeness (QED) is 0.678. The van der Waals surface area contributed by atoms with Crippen LogP contribution in [-0.4, -0.2) is 50.5 Å². The van der Waals surface area contributed by atoms with Gasteiger partial charge in [-0.3, -0.25) is 9.69 Å². The molecular formula is C23H23NO6S. The third kappa shape index (κ3) is 3.59. The van der Waals surface area contributed by atoms with Gasteiger partial charge in [-0.15, -0.1) is 0 Å². The summed E-state index contributed by atoms with van der Waals surface area (Å²) in [7, 11) is -1.38. The van der Waals surface area contributed by atoms with E-state index in [1.54, 1.807) is 13.2 Å². The number of nitrogens with zero attached hydrogens (tertiary/aromatic N) is 1. The number of ketones is 1. The maximum Gasteiger partial charge on any atom is 0.231 e. The highest BCUT2D eigenvalue weighted by Gasteiger charge is 2.37. The smallest absolute Gasteiger partial charge is 0.231 e. The molecule has 0 bridgehead atoms. The number of hydrogen-bond acceptors (Lipinski definition) is 7. The maximum atomic E-state index is 13.1. The molecule has 2 aromatic rings. The zero-order valence-corrected chi connectivity index (χ0v) is 18.2. The van der Waals surface area contributed by atoms with Crippen LogP contribution in [0.5, 0.6) is 17.2 Å². The highest BCUT2D eigenvalue weighted by Crippen LogP contribution is 2.43. The van der Waals surface area contributed by atoms with Crippen LogP contribution in [0.25, 0.3) is 6.08 Å². The van der Waals surface area contributed by atoms with Crippen molar-refractivity contribution < 1.29 is 27.4 Å². The summed E-state index contributed by atoms with van der Waals surface area (Å²) in [5, 5.41) is 0. The predicted octanol–water partition coefficient (Wildman–Crippen LogP) is 2.96. The second-order valence-corrected chi connectivity index (χ2v) is 10.4. The van der Waals surface area contributed by atoms with Crippen molar-refractivity contribution in [1.82, 2.24) is 4.90 Å². The van der Waals surface area contributed by atoms with Crippen molar-refractivity contribution in [2.75, 3.05) is 25.3 Å². The molecular weight excluding hydrogens is 418 g/mol. The molecule has 1 unspecified atom stereocenters. The average Bonchev–Trinajstić information content (AvgIpc) is 3.28. The van der Waals surface area contributed by atoms with E-state index < -0.39 is 9.84 Å². The van der Waals surface area contributed by atoms with Crippen LogP contribution in [0, 0.1) is 6.92 Å². The van der Waals surface area contributed by atoms with E-state index in [4.69, 9.17) is 14.2 Å². The Bertz CT molecular complexity index is 1220. The summed E-state index contributed by atoms with van der Waals surface area (Å²) in [6.07, 6.45) is 2.32. The van der Waals surface area contributed by atoms with E-state index in [0.717, 1.165) is 16.7 Å². The molecule has 0 spiro atoms. The van der Waals surface area contributed by atoms with Crippen LogP contribution in [0.1, 0.15) is 33.5 Å². The molecule has 162 valence electrons. The van der Waals surface area contributed by atoms with Crippen molar-refractivity contribution in [3.8, 4) is 17.2 Å². The lowest BCUT2D eigenvalue weighted by Gasteiger charge is -2.33. The van der Waals surface area contributed by atoms with Crippen molar-refractivity contribution in [2.45, 2.75) is 25.9 Å². The second kappa shape index (κ2) is 7.39. The first kappa shape index (κ1) is 20.1. The Hall–Kier alpha value is -2.84. The van der Waals surface area contributed by atoms with Crippen LogP contribution < -0.4 is 14.2 Å². The van der Waals surface area contributed by atoms with Gasteiger partial charge in [0.25, 0.3) is 0 Å². The first-order chi connectivity index (χ1) is 14.8. The number of carbonyl (C=O) groups is 1. The highest BCUT2D eigenvalue weighted by molar-refractivity contribution is 7.91. The molecule has 3 aliphatic heterocycles. The SMILES string of the molecule is COc1cccc(/C=C2/Oc3c(cc4c(c3C)OCN(C3CCS(=O)(=O)C3)C4)C2=O)c1. The van der Waals surface area contributed by atoms with Crippen molar-refractivity contribution in [3.05, 3.63) is 58.3 Å². The Balaban J connectivity index is 1.44. The molecule has 1 fully saturated rings. The van der Waals surface area contributed by atoms with Gasteiger partial charge in [-0.2, -0.15) is 0 Å². The monoisotopic (exact) mass is 441 g/mol. The molecule has 0 N–H and O–H groups in total. The number of allylic oxidation sites excluding steroid dienone is 1. The fourth-order valence-corrected chi connectivity index (χ4v) is 6.21. The molecule has 8 heteroatoms. The normalized spacial score (nSPS) is 23.2. The molecule has 0 amide bonds. The van der Waals surface area contributed by atoms with Crippen LogP contribution in [0.2, 0.25) is 0 Å². The van der Waals surface area contributed by atoms with E-state index in [-0.39, 0.29) is 29.1 Å². The van der Waals surface area contributed by atoms with Gasteiger partial charge in [-0.25, -0.2) is 8.42 Å². The molecule has 3 aliphatic rings. The molecule has 31 heavy (non-hydrogen) atoms. The van der Waals surface area contributed by atoms with Crippen LogP contribution >= 0.6 is 0 Å². The van der Waals surface area contributed by atoms with E-state index in [1.165, 1.54) is 0 Å². The molecule has 0 radical (unpaired) electrons. The molecule has 0 saturated carbocycles. The summed E-state index contributed by atoms with van der Waals surface area (Å²) in [4.78, 5) is 15.1. The number of benzene rings is 2. The minimum absolute atomic E-state index is 0.0535. The number of hydrogen-bond donors (Lipinski definition) is 0. The van der Waals surface area contributed by atoms with Gasteiger partial charge >= 0.3 is 0 Å². The van der Waals surface area contributed by atoms with Gasteiger partial charge in [0.1, 0.15) is 24.0 Å². The van der Waals surface area contributed by atoms with E-state index in [2.05, 4.69) is 0 Å². The topological polar surface area (TPSA) is 82.1 Å². The lowest BCUT2D eigenvalue weighted by Crippen LogP contribution is -2.41. The van der Waals surface area contributed by atoms with E-state index >= 15 is 0 Å². The standard InChI is InChI=1S/C23H23NO6S/c1-14-22-16(11-24(13-29-22)17-6-7-31(26,27)12-17)10-19-21(25)20(30-23(14)19)9-15-4-3-5-18(8-15)28-2/h3-5,8-10,17H,6-7,11-13H2,1-2H3/b20-9+. The molecule has 2 aromatic carbocycles. The van der Waals surface area contributed by atoms with Crippen LogP contribution in [0.4, 0.5) is 0 Å². The molecule has 1 saturated heterocycles. The fourth-order valence-electron chi connectivity index (χ4n) is 4.45. The number of rotatable bonds is 3. The van der Waals surface area contributed by atoms with Gasteiger partial charge in [-0.05, 0) is 43.2 Å². The van der Waals surface area contributed by atoms with Gasteiger partial charge in [0.15, 0.2) is 15.6 Å². The van der Waals surface area contributed by atoms with E-state index in [1.807, 2.05) is 42.2 Å². The third-order valence-corrected chi connectivity index (χ3v) is 7.83. The number of fused-ring (bicyclic) bond motifs is 2. The van der Waals surface area contributed by atoms with Crippen molar-refractivity contribution >= 4 is 21.7 Å². The highest BCUT2D eigenvalue weighted by atomic mass is 32.2. The first-order valence-corrected chi connectivity index (χ1v) is 12.0.